The van der Waals surface area contributed by atoms with Gasteiger partial charge in [-0.05, 0) is 6.92 Å². The molecule has 1 spiro atoms. The number of aryl methyl sites for hydroxylation is 1. The normalized spacial score (nSPS) is 17.5. The number of anilines is 2. The number of nitrogens with zero attached hydrogens (tertiary/aromatic N) is 5. The van der Waals surface area contributed by atoms with Crippen LogP contribution in [-0.2, 0) is 16.1 Å². The second-order valence-corrected chi connectivity index (χ2v) is 8.17. The predicted molar refractivity (Wildman–Crippen MR) is 114 cm³/mol. The Balaban J connectivity index is 1.35. The van der Waals surface area contributed by atoms with Crippen LogP contribution in [0.5, 0.6) is 0 Å². The van der Waals surface area contributed by atoms with E-state index in [0.717, 1.165) is 13.1 Å². The molecule has 2 N–H and O–H groups in total. The molecule has 2 fully saturated rings. The van der Waals surface area contributed by atoms with E-state index >= 15 is 0 Å². The number of hydrogen-bond acceptors (Lipinski definition) is 8. The van der Waals surface area contributed by atoms with Crippen molar-refractivity contribution < 1.29 is 18.7 Å². The summed E-state index contributed by atoms with van der Waals surface area (Å²) in [6.45, 7) is 5.63. The Morgan fingerprint density at radius 1 is 1.38 bits per heavy atom. The zero-order valence-electron chi connectivity index (χ0n) is 17.9. The van der Waals surface area contributed by atoms with Crippen LogP contribution in [0.15, 0.2) is 24.7 Å². The number of hydrogen-bond donors (Lipinski definition) is 2. The molecule has 0 radical (unpaired) electrons. The highest BCUT2D eigenvalue weighted by molar-refractivity contribution is 6.04. The molecule has 0 aromatic carbocycles. The summed E-state index contributed by atoms with van der Waals surface area (Å²) in [5.74, 6) is -0.445. The lowest BCUT2D eigenvalue weighted by Gasteiger charge is -2.51. The van der Waals surface area contributed by atoms with Crippen molar-refractivity contribution in [2.75, 3.05) is 50.1 Å². The van der Waals surface area contributed by atoms with Crippen LogP contribution in [-0.4, -0.2) is 70.8 Å². The number of fused-ring (bicyclic) bond motifs is 1. The van der Waals surface area contributed by atoms with Gasteiger partial charge in [-0.25, -0.2) is 19.3 Å². The molecule has 0 unspecified atom stereocenters. The molecule has 2 aliphatic rings. The second kappa shape index (κ2) is 8.08. The van der Waals surface area contributed by atoms with Crippen LogP contribution in [0.25, 0.3) is 5.65 Å². The Bertz CT molecular complexity index is 1170. The molecule has 3 aromatic heterocycles. The fraction of sp³-hybridized carbons (Fsp3) is 0.429. The summed E-state index contributed by atoms with van der Waals surface area (Å²) in [4.78, 5) is 28.0. The van der Waals surface area contributed by atoms with Crippen LogP contribution < -0.4 is 15.5 Å². The summed E-state index contributed by atoms with van der Waals surface area (Å²) in [7, 11) is 1.54. The van der Waals surface area contributed by atoms with Gasteiger partial charge in [0.15, 0.2) is 11.5 Å². The van der Waals surface area contributed by atoms with E-state index in [1.165, 1.54) is 23.8 Å². The molecule has 1 amide bonds. The van der Waals surface area contributed by atoms with E-state index in [9.17, 15) is 9.18 Å². The van der Waals surface area contributed by atoms with E-state index in [2.05, 4.69) is 25.6 Å². The number of rotatable bonds is 5. The first-order valence-electron chi connectivity index (χ1n) is 10.4. The lowest BCUT2D eigenvalue weighted by molar-refractivity contribution is -0.0834. The SMILES string of the molecule is COCc1nc(N2CC3(CNCCO3)C2)ncc1C(=O)Nc1cc(F)c2nc(C)cn2c1. The summed E-state index contributed by atoms with van der Waals surface area (Å²) in [6.07, 6.45) is 4.78. The molecule has 0 atom stereocenters. The number of carbonyl (C=O) groups excluding carboxylic acids is 1. The maximum atomic E-state index is 14.4. The molecule has 3 aromatic rings. The summed E-state index contributed by atoms with van der Waals surface area (Å²) in [5.41, 5.74) is 1.71. The third-order valence-corrected chi connectivity index (χ3v) is 5.64. The van der Waals surface area contributed by atoms with Crippen molar-refractivity contribution in [3.05, 3.63) is 47.4 Å². The molecule has 11 heteroatoms. The number of morpholine rings is 1. The number of pyridine rings is 1. The highest BCUT2D eigenvalue weighted by Crippen LogP contribution is 2.30. The third kappa shape index (κ3) is 3.78. The van der Waals surface area contributed by atoms with Gasteiger partial charge in [0.25, 0.3) is 5.91 Å². The molecule has 168 valence electrons. The number of nitrogens with one attached hydrogen (secondary N) is 2. The molecule has 10 nitrogen and oxygen atoms in total. The predicted octanol–water partition coefficient (Wildman–Crippen LogP) is 1.15. The number of amides is 1. The van der Waals surface area contributed by atoms with Gasteiger partial charge in [0.1, 0.15) is 5.60 Å². The number of aromatic nitrogens is 4. The van der Waals surface area contributed by atoms with Gasteiger partial charge in [0.05, 0.1) is 48.9 Å². The zero-order chi connectivity index (χ0) is 22.3. The van der Waals surface area contributed by atoms with E-state index in [0.29, 0.717) is 42.7 Å². The van der Waals surface area contributed by atoms with Gasteiger partial charge >= 0.3 is 0 Å². The van der Waals surface area contributed by atoms with Crippen molar-refractivity contribution >= 4 is 23.2 Å². The molecular weight excluding hydrogens is 417 g/mol. The van der Waals surface area contributed by atoms with Crippen LogP contribution in [0.1, 0.15) is 21.7 Å². The maximum Gasteiger partial charge on any atom is 0.259 e. The van der Waals surface area contributed by atoms with Crippen molar-refractivity contribution in [2.24, 2.45) is 0 Å². The number of methoxy groups -OCH3 is 1. The molecule has 2 saturated heterocycles. The molecule has 2 aliphatic heterocycles. The number of ether oxygens (including phenoxy) is 2. The minimum Gasteiger partial charge on any atom is -0.378 e. The monoisotopic (exact) mass is 441 g/mol. The van der Waals surface area contributed by atoms with E-state index in [4.69, 9.17) is 9.47 Å². The van der Waals surface area contributed by atoms with Crippen molar-refractivity contribution in [1.82, 2.24) is 24.7 Å². The Morgan fingerprint density at radius 3 is 2.97 bits per heavy atom. The minimum absolute atomic E-state index is 0.142. The second-order valence-electron chi connectivity index (χ2n) is 8.17. The first-order chi connectivity index (χ1) is 15.5. The Labute approximate surface area is 183 Å². The Hall–Kier alpha value is -3.15. The molecule has 0 saturated carbocycles. The van der Waals surface area contributed by atoms with Crippen molar-refractivity contribution in [3.8, 4) is 0 Å². The highest BCUT2D eigenvalue weighted by Gasteiger charge is 2.46. The van der Waals surface area contributed by atoms with Crippen LogP contribution in [0.4, 0.5) is 16.0 Å². The van der Waals surface area contributed by atoms with E-state index in [-0.39, 0.29) is 23.4 Å². The number of imidazole rings is 1. The number of halogens is 1. The first-order valence-corrected chi connectivity index (χ1v) is 10.4. The fourth-order valence-electron chi connectivity index (χ4n) is 4.14. The third-order valence-electron chi connectivity index (χ3n) is 5.64. The fourth-order valence-corrected chi connectivity index (χ4v) is 4.14. The van der Waals surface area contributed by atoms with Crippen molar-refractivity contribution in [2.45, 2.75) is 19.1 Å². The molecule has 5 heterocycles. The van der Waals surface area contributed by atoms with Crippen LogP contribution in [0, 0.1) is 12.7 Å². The average Bonchev–Trinajstić information content (AvgIpc) is 3.13. The summed E-state index contributed by atoms with van der Waals surface area (Å²) in [6, 6.07) is 1.24. The summed E-state index contributed by atoms with van der Waals surface area (Å²) in [5, 5.41) is 6.06. The molecule has 32 heavy (non-hydrogen) atoms. The van der Waals surface area contributed by atoms with Crippen LogP contribution in [0.2, 0.25) is 0 Å². The topological polar surface area (TPSA) is 106 Å². The van der Waals surface area contributed by atoms with Gasteiger partial charge in [-0.1, -0.05) is 0 Å². The standard InChI is InChI=1S/C21H24FN7O3/c1-13-7-28-8-14(5-16(22)18(28)25-13)26-19(30)15-6-24-20(27-17(15)9-31-2)29-11-21(12-29)10-23-3-4-32-21/h5-8,23H,3-4,9-12H2,1-2H3,(H,26,30). The quantitative estimate of drug-likeness (QED) is 0.608. The van der Waals surface area contributed by atoms with Gasteiger partial charge in [-0.15, -0.1) is 0 Å². The molecule has 5 rings (SSSR count). The lowest BCUT2D eigenvalue weighted by Crippen LogP contribution is -2.70. The van der Waals surface area contributed by atoms with Crippen LogP contribution in [0.3, 0.4) is 0 Å². The van der Waals surface area contributed by atoms with Crippen molar-refractivity contribution in [3.63, 3.8) is 0 Å². The van der Waals surface area contributed by atoms with E-state index in [1.54, 1.807) is 19.3 Å². The smallest absolute Gasteiger partial charge is 0.259 e. The van der Waals surface area contributed by atoms with E-state index < -0.39 is 11.7 Å². The summed E-state index contributed by atoms with van der Waals surface area (Å²) < 4.78 is 27.1. The highest BCUT2D eigenvalue weighted by atomic mass is 19.1. The Morgan fingerprint density at radius 2 is 2.22 bits per heavy atom. The Kier molecular flexibility index (Phi) is 5.24. The summed E-state index contributed by atoms with van der Waals surface area (Å²) >= 11 is 0. The molecular formula is C21H24FN7O3. The number of carbonyl (C=O) groups is 1. The lowest BCUT2D eigenvalue weighted by atomic mass is 9.93. The van der Waals surface area contributed by atoms with Gasteiger partial charge < -0.3 is 29.4 Å². The minimum atomic E-state index is -0.522. The van der Waals surface area contributed by atoms with Gasteiger partial charge in [-0.3, -0.25) is 4.79 Å². The van der Waals surface area contributed by atoms with Gasteiger partial charge in [-0.2, -0.15) is 0 Å². The van der Waals surface area contributed by atoms with Gasteiger partial charge in [0, 0.05) is 44.9 Å². The van der Waals surface area contributed by atoms with Crippen LogP contribution >= 0.6 is 0 Å². The maximum absolute atomic E-state index is 14.4. The molecule has 0 aliphatic carbocycles. The van der Waals surface area contributed by atoms with E-state index in [1.807, 2.05) is 4.90 Å². The largest absolute Gasteiger partial charge is 0.378 e. The zero-order valence-corrected chi connectivity index (χ0v) is 17.9. The average molecular weight is 441 g/mol. The van der Waals surface area contributed by atoms with Crippen molar-refractivity contribution in [1.29, 1.82) is 0 Å². The first kappa shape index (κ1) is 20.7. The molecule has 0 bridgehead atoms. The van der Waals surface area contributed by atoms with Gasteiger partial charge in [0.2, 0.25) is 5.95 Å².